The fourth-order valence-electron chi connectivity index (χ4n) is 2.20. The zero-order valence-corrected chi connectivity index (χ0v) is 16.3. The van der Waals surface area contributed by atoms with Gasteiger partial charge in [-0.15, -0.1) is 0 Å². The molecule has 10 heteroatoms. The van der Waals surface area contributed by atoms with Crippen molar-refractivity contribution in [2.24, 2.45) is 10.7 Å². The highest BCUT2D eigenvalue weighted by Gasteiger charge is 2.42. The number of carbonyl (C=O) groups excluding carboxylic acids is 2. The van der Waals surface area contributed by atoms with E-state index in [0.717, 1.165) is 0 Å². The van der Waals surface area contributed by atoms with Crippen LogP contribution in [0.25, 0.3) is 0 Å². The molecule has 2 atom stereocenters. The van der Waals surface area contributed by atoms with Gasteiger partial charge >= 0.3 is 12.1 Å². The average Bonchev–Trinajstić information content (AvgIpc) is 2.51. The maximum atomic E-state index is 12.1. The zero-order valence-electron chi connectivity index (χ0n) is 16.3. The van der Waals surface area contributed by atoms with Crippen molar-refractivity contribution in [1.82, 2.24) is 5.32 Å². The Hall–Kier alpha value is -2.10. The van der Waals surface area contributed by atoms with Gasteiger partial charge in [-0.2, -0.15) is 0 Å². The molecule has 3 N–H and O–H groups in total. The van der Waals surface area contributed by atoms with E-state index in [-0.39, 0.29) is 30.9 Å². The monoisotopic (exact) mass is 377 g/mol. The molecule has 0 aromatic rings. The number of nitrogens with zero attached hydrogens (tertiary/aromatic N) is 2. The molecule has 0 bridgehead atoms. The third-order valence-corrected chi connectivity index (χ3v) is 3.59. The number of hydrogen-bond donors (Lipinski definition) is 3. The van der Waals surface area contributed by atoms with Crippen molar-refractivity contribution in [3.63, 3.8) is 0 Å². The summed E-state index contributed by atoms with van der Waals surface area (Å²) in [5.74, 6) is -0.612. The van der Waals surface area contributed by atoms with Crippen molar-refractivity contribution < 1.29 is 34.2 Å². The number of aliphatic hydroxyl groups is 1. The van der Waals surface area contributed by atoms with Crippen molar-refractivity contribution in [3.05, 3.63) is 5.21 Å². The number of nitrogens with one attached hydrogen (secondary N) is 1. The normalized spacial score (nSPS) is 15.1. The van der Waals surface area contributed by atoms with E-state index < -0.39 is 35.2 Å². The van der Waals surface area contributed by atoms with Crippen molar-refractivity contribution in [1.29, 1.82) is 0 Å². The number of ether oxygens (including phenoxy) is 2. The van der Waals surface area contributed by atoms with Crippen LogP contribution in [0.5, 0.6) is 0 Å². The summed E-state index contributed by atoms with van der Waals surface area (Å²) in [6, 6.07) is -0.878. The lowest BCUT2D eigenvalue weighted by atomic mass is 9.81. The number of carbonyl (C=O) groups is 2. The molecule has 0 heterocycles. The first-order valence-corrected chi connectivity index (χ1v) is 8.49. The zero-order chi connectivity index (χ0) is 20.5. The van der Waals surface area contributed by atoms with Crippen LogP contribution in [0.1, 0.15) is 54.4 Å². The van der Waals surface area contributed by atoms with E-state index >= 15 is 0 Å². The summed E-state index contributed by atoms with van der Waals surface area (Å²) in [7, 11) is 0. The first-order chi connectivity index (χ1) is 11.8. The van der Waals surface area contributed by atoms with Crippen LogP contribution in [0.15, 0.2) is 5.28 Å². The number of esters is 1. The minimum absolute atomic E-state index is 0.0768. The molecule has 0 fully saturated rings. The van der Waals surface area contributed by atoms with E-state index in [1.54, 1.807) is 27.7 Å². The van der Waals surface area contributed by atoms with Crippen LogP contribution < -0.4 is 5.32 Å². The van der Waals surface area contributed by atoms with Crippen LogP contribution in [0.4, 0.5) is 4.79 Å². The quantitative estimate of drug-likeness (QED) is 0.241. The molecule has 1 amide bonds. The number of hydrogen-bond acceptors (Lipinski definition) is 7. The van der Waals surface area contributed by atoms with Gasteiger partial charge in [-0.05, 0) is 48.0 Å². The fraction of sp³-hybridized carbons (Fsp3) is 0.875. The Morgan fingerprint density at radius 3 is 2.31 bits per heavy atom. The van der Waals surface area contributed by atoms with Gasteiger partial charge in [-0.3, -0.25) is 4.79 Å². The number of amides is 1. The van der Waals surface area contributed by atoms with Crippen molar-refractivity contribution >= 4 is 12.1 Å². The largest absolute Gasteiger partial charge is 0.597 e. The van der Waals surface area contributed by atoms with Gasteiger partial charge in [0.05, 0.1) is 24.2 Å². The van der Waals surface area contributed by atoms with E-state index in [9.17, 15) is 19.9 Å². The van der Waals surface area contributed by atoms with Gasteiger partial charge in [0.15, 0.2) is 11.8 Å². The fourth-order valence-corrected chi connectivity index (χ4v) is 2.20. The Balaban J connectivity index is 5.21. The molecule has 0 aromatic heterocycles. The first kappa shape index (κ1) is 23.9. The van der Waals surface area contributed by atoms with Gasteiger partial charge in [0.2, 0.25) is 0 Å². The van der Waals surface area contributed by atoms with Crippen LogP contribution in [0.2, 0.25) is 0 Å². The van der Waals surface area contributed by atoms with Crippen LogP contribution in [-0.2, 0) is 14.3 Å². The third-order valence-electron chi connectivity index (χ3n) is 3.59. The van der Waals surface area contributed by atoms with Gasteiger partial charge < -0.3 is 30.3 Å². The lowest BCUT2D eigenvalue weighted by Crippen LogP contribution is -2.53. The second-order valence-electron chi connectivity index (χ2n) is 7.45. The molecule has 0 saturated heterocycles. The molecule has 0 aliphatic carbocycles. The number of rotatable bonds is 9. The molecule has 0 rings (SSSR count). The lowest BCUT2D eigenvalue weighted by molar-refractivity contribution is -0.556. The number of alkyl carbamates (subject to hydrolysis) is 1. The molecule has 0 aromatic carbocycles. The van der Waals surface area contributed by atoms with Gasteiger partial charge in [0, 0.05) is 6.42 Å². The maximum Gasteiger partial charge on any atom is 0.407 e. The second kappa shape index (κ2) is 10.1. The van der Waals surface area contributed by atoms with Crippen LogP contribution in [0, 0.1) is 10.6 Å². The van der Waals surface area contributed by atoms with Gasteiger partial charge in [-0.1, -0.05) is 4.86 Å². The minimum Gasteiger partial charge on any atom is -0.597 e. The Bertz CT molecular complexity index is 501. The standard InChI is InChI=1S/C16H31N3O7/c1-7-25-13(21)16(5,6)12(20)11(9-8-10-19(24)18-23)17-14(22)26-15(2,3)4/h11-12,20,23H,7-10H2,1-6H3,(H,17,22)/b19-18-/t11-,12-/m0/s1. The maximum absolute atomic E-state index is 12.1. The van der Waals surface area contributed by atoms with Crippen molar-refractivity contribution in [3.8, 4) is 0 Å². The summed E-state index contributed by atoms with van der Waals surface area (Å²) in [4.78, 5) is 24.3. The molecule has 10 nitrogen and oxygen atoms in total. The molecule has 0 radical (unpaired) electrons. The minimum atomic E-state index is -1.30. The molecule has 0 spiro atoms. The van der Waals surface area contributed by atoms with E-state index in [0.29, 0.717) is 0 Å². The summed E-state index contributed by atoms with van der Waals surface area (Å²) >= 11 is 0. The summed E-state index contributed by atoms with van der Waals surface area (Å²) in [5.41, 5.74) is -2.04. The van der Waals surface area contributed by atoms with Gasteiger partial charge in [0.1, 0.15) is 5.60 Å². The topological polar surface area (TPSA) is 144 Å². The highest BCUT2D eigenvalue weighted by Crippen LogP contribution is 2.27. The van der Waals surface area contributed by atoms with E-state index in [2.05, 4.69) is 10.6 Å². The Morgan fingerprint density at radius 2 is 1.85 bits per heavy atom. The molecule has 0 aliphatic heterocycles. The predicted octanol–water partition coefficient (Wildman–Crippen LogP) is 1.96. The van der Waals surface area contributed by atoms with E-state index in [1.165, 1.54) is 13.8 Å². The summed E-state index contributed by atoms with van der Waals surface area (Å²) in [6.07, 6.45) is -1.70. The Labute approximate surface area is 153 Å². The van der Waals surface area contributed by atoms with E-state index in [1.807, 2.05) is 0 Å². The van der Waals surface area contributed by atoms with Crippen LogP contribution >= 0.6 is 0 Å². The van der Waals surface area contributed by atoms with Crippen molar-refractivity contribution in [2.75, 3.05) is 13.2 Å². The van der Waals surface area contributed by atoms with Crippen LogP contribution in [-0.4, -0.2) is 58.1 Å². The molecule has 152 valence electrons. The molecule has 0 aliphatic rings. The number of aliphatic hydroxyl groups excluding tert-OH is 1. The van der Waals surface area contributed by atoms with Gasteiger partial charge in [0.25, 0.3) is 0 Å². The average molecular weight is 377 g/mol. The molecular formula is C16H31N3O7. The van der Waals surface area contributed by atoms with Crippen LogP contribution in [0.3, 0.4) is 0 Å². The Morgan fingerprint density at radius 1 is 1.27 bits per heavy atom. The molecule has 0 unspecified atom stereocenters. The predicted molar refractivity (Wildman–Crippen MR) is 91.5 cm³/mol. The SMILES string of the molecule is CCOC(=O)C(C)(C)[C@@H](O)[C@H](CCC/[N+]([O-])=N/O)NC(=O)OC(C)(C)C. The summed E-state index contributed by atoms with van der Waals surface area (Å²) in [5, 5.41) is 35.1. The lowest BCUT2D eigenvalue weighted by Gasteiger charge is -2.34. The highest BCUT2D eigenvalue weighted by atomic mass is 16.6. The molecule has 0 saturated carbocycles. The first-order valence-electron chi connectivity index (χ1n) is 8.49. The Kier molecular flexibility index (Phi) is 9.33. The smallest absolute Gasteiger partial charge is 0.407 e. The van der Waals surface area contributed by atoms with Crippen molar-refractivity contribution in [2.45, 2.75) is 72.1 Å². The third kappa shape index (κ3) is 8.32. The summed E-state index contributed by atoms with van der Waals surface area (Å²) < 4.78 is 10.2. The highest BCUT2D eigenvalue weighted by molar-refractivity contribution is 5.77. The van der Waals surface area contributed by atoms with Gasteiger partial charge in [-0.25, -0.2) is 4.79 Å². The molecular weight excluding hydrogens is 346 g/mol. The molecule has 26 heavy (non-hydrogen) atoms. The summed E-state index contributed by atoms with van der Waals surface area (Å²) in [6.45, 7) is 9.75. The second-order valence-corrected chi connectivity index (χ2v) is 7.45. The number of hydroxylamine groups is 1. The van der Waals surface area contributed by atoms with E-state index in [4.69, 9.17) is 14.7 Å².